The smallest absolute Gasteiger partial charge is 0.0788 e. The largest absolute Gasteiger partial charge is 0.399 e. The average molecular weight is 194 g/mol. The quantitative estimate of drug-likeness (QED) is 0.641. The van der Waals surface area contributed by atoms with Gasteiger partial charge in [-0.3, -0.25) is 0 Å². The second-order valence-corrected chi connectivity index (χ2v) is 3.83. The summed E-state index contributed by atoms with van der Waals surface area (Å²) in [5.41, 5.74) is 6.64. The average Bonchev–Trinajstić information content (AvgIpc) is 2.15. The Balaban J connectivity index is 2.54. The van der Waals surface area contributed by atoms with Gasteiger partial charge in [0, 0.05) is 17.9 Å². The first kappa shape index (κ1) is 10.9. The van der Waals surface area contributed by atoms with Crippen molar-refractivity contribution in [3.8, 4) is 0 Å². The summed E-state index contributed by atoms with van der Waals surface area (Å²) >= 11 is 0. The molecule has 0 radical (unpaired) electrons. The highest BCUT2D eigenvalue weighted by Gasteiger charge is 2.16. The van der Waals surface area contributed by atoms with Gasteiger partial charge in [-0.25, -0.2) is 0 Å². The molecule has 1 aromatic rings. The van der Waals surface area contributed by atoms with Crippen LogP contribution in [0.5, 0.6) is 0 Å². The third-order valence-corrected chi connectivity index (χ3v) is 2.32. The van der Waals surface area contributed by atoms with E-state index in [1.807, 2.05) is 38.1 Å². The molecular weight excluding hydrogens is 176 g/mol. The lowest BCUT2D eigenvalue weighted by Crippen LogP contribution is -2.32. The maximum Gasteiger partial charge on any atom is 0.0788 e. The van der Waals surface area contributed by atoms with Gasteiger partial charge in [0.05, 0.1) is 5.60 Å². The molecule has 1 atom stereocenters. The summed E-state index contributed by atoms with van der Waals surface area (Å²) in [4.78, 5) is 0. The molecule has 0 saturated heterocycles. The van der Waals surface area contributed by atoms with E-state index < -0.39 is 5.60 Å². The third kappa shape index (κ3) is 3.26. The Labute approximate surface area is 84.9 Å². The number of benzene rings is 1. The van der Waals surface area contributed by atoms with Crippen LogP contribution in [0, 0.1) is 0 Å². The highest BCUT2D eigenvalue weighted by molar-refractivity contribution is 5.54. The topological polar surface area (TPSA) is 58.3 Å². The molecule has 0 fully saturated rings. The first-order valence-corrected chi connectivity index (χ1v) is 4.85. The molecule has 4 N–H and O–H groups in total. The number of nitrogens with two attached hydrogens (primary N) is 1. The number of hydrogen-bond donors (Lipinski definition) is 3. The number of rotatable bonds is 4. The van der Waals surface area contributed by atoms with E-state index in [1.165, 1.54) is 0 Å². The molecular formula is C11H18N2O. The summed E-state index contributed by atoms with van der Waals surface area (Å²) in [6, 6.07) is 7.51. The molecule has 3 heteroatoms. The number of nitrogens with one attached hydrogen (secondary N) is 1. The summed E-state index contributed by atoms with van der Waals surface area (Å²) < 4.78 is 0. The molecule has 78 valence electrons. The zero-order valence-corrected chi connectivity index (χ0v) is 8.75. The molecule has 0 amide bonds. The van der Waals surface area contributed by atoms with Crippen LogP contribution in [0.25, 0.3) is 0 Å². The molecule has 0 spiro atoms. The third-order valence-electron chi connectivity index (χ3n) is 2.32. The van der Waals surface area contributed by atoms with Crippen molar-refractivity contribution in [1.29, 1.82) is 0 Å². The van der Waals surface area contributed by atoms with Crippen LogP contribution in [0.3, 0.4) is 0 Å². The van der Waals surface area contributed by atoms with E-state index >= 15 is 0 Å². The molecule has 3 nitrogen and oxygen atoms in total. The van der Waals surface area contributed by atoms with Crippen LogP contribution in [0.2, 0.25) is 0 Å². The van der Waals surface area contributed by atoms with Gasteiger partial charge >= 0.3 is 0 Å². The second kappa shape index (κ2) is 4.33. The van der Waals surface area contributed by atoms with Crippen LogP contribution < -0.4 is 11.1 Å². The van der Waals surface area contributed by atoms with E-state index in [-0.39, 0.29) is 0 Å². The predicted octanol–water partition coefficient (Wildman–Crippen LogP) is 1.84. The standard InChI is InChI=1S/C11H18N2O/c1-3-11(2,14)8-13-10-6-4-5-9(12)7-10/h4-7,13-14H,3,8,12H2,1-2H3. The van der Waals surface area contributed by atoms with Crippen LogP contribution in [0.15, 0.2) is 24.3 Å². The summed E-state index contributed by atoms with van der Waals surface area (Å²) in [6.45, 7) is 4.31. The first-order valence-electron chi connectivity index (χ1n) is 4.85. The number of nitrogen functional groups attached to an aromatic ring is 1. The van der Waals surface area contributed by atoms with Gasteiger partial charge in [-0.2, -0.15) is 0 Å². The van der Waals surface area contributed by atoms with Crippen molar-refractivity contribution in [2.24, 2.45) is 0 Å². The fourth-order valence-electron chi connectivity index (χ4n) is 1.07. The van der Waals surface area contributed by atoms with E-state index in [0.717, 1.165) is 17.8 Å². The van der Waals surface area contributed by atoms with Crippen molar-refractivity contribution in [3.63, 3.8) is 0 Å². The fraction of sp³-hybridized carbons (Fsp3) is 0.455. The van der Waals surface area contributed by atoms with Crippen LogP contribution >= 0.6 is 0 Å². The molecule has 0 saturated carbocycles. The number of aliphatic hydroxyl groups is 1. The zero-order valence-electron chi connectivity index (χ0n) is 8.75. The first-order chi connectivity index (χ1) is 6.53. The molecule has 0 heterocycles. The molecule has 0 bridgehead atoms. The Morgan fingerprint density at radius 1 is 1.50 bits per heavy atom. The van der Waals surface area contributed by atoms with Crippen molar-refractivity contribution in [2.45, 2.75) is 25.9 Å². The summed E-state index contributed by atoms with van der Waals surface area (Å²) in [6.07, 6.45) is 0.725. The Bertz CT molecular complexity index is 297. The van der Waals surface area contributed by atoms with Gasteiger partial charge in [0.2, 0.25) is 0 Å². The Morgan fingerprint density at radius 3 is 2.79 bits per heavy atom. The minimum absolute atomic E-state index is 0.535. The van der Waals surface area contributed by atoms with Gasteiger partial charge in [-0.1, -0.05) is 13.0 Å². The lowest BCUT2D eigenvalue weighted by molar-refractivity contribution is 0.0697. The number of anilines is 2. The van der Waals surface area contributed by atoms with Gasteiger partial charge in [-0.05, 0) is 31.5 Å². The van der Waals surface area contributed by atoms with Crippen LogP contribution in [-0.4, -0.2) is 17.3 Å². The molecule has 1 unspecified atom stereocenters. The zero-order chi connectivity index (χ0) is 10.6. The monoisotopic (exact) mass is 194 g/mol. The van der Waals surface area contributed by atoms with Gasteiger partial charge in [-0.15, -0.1) is 0 Å². The van der Waals surface area contributed by atoms with Gasteiger partial charge in [0.25, 0.3) is 0 Å². The Morgan fingerprint density at radius 2 is 2.21 bits per heavy atom. The van der Waals surface area contributed by atoms with Crippen molar-refractivity contribution < 1.29 is 5.11 Å². The van der Waals surface area contributed by atoms with Gasteiger partial charge in [0.1, 0.15) is 0 Å². The van der Waals surface area contributed by atoms with Crippen molar-refractivity contribution in [2.75, 3.05) is 17.6 Å². The van der Waals surface area contributed by atoms with Crippen molar-refractivity contribution >= 4 is 11.4 Å². The summed E-state index contributed by atoms with van der Waals surface area (Å²) in [7, 11) is 0. The van der Waals surface area contributed by atoms with E-state index in [0.29, 0.717) is 6.54 Å². The SMILES string of the molecule is CCC(C)(O)CNc1cccc(N)c1. The second-order valence-electron chi connectivity index (χ2n) is 3.83. The molecule has 0 aliphatic rings. The maximum atomic E-state index is 9.76. The lowest BCUT2D eigenvalue weighted by Gasteiger charge is -2.22. The lowest BCUT2D eigenvalue weighted by atomic mass is 10.0. The molecule has 0 aromatic heterocycles. The van der Waals surface area contributed by atoms with Gasteiger partial charge in [0.15, 0.2) is 0 Å². The van der Waals surface area contributed by atoms with E-state index in [4.69, 9.17) is 5.73 Å². The van der Waals surface area contributed by atoms with Crippen LogP contribution in [-0.2, 0) is 0 Å². The van der Waals surface area contributed by atoms with Gasteiger partial charge < -0.3 is 16.2 Å². The normalized spacial score (nSPS) is 14.8. The van der Waals surface area contributed by atoms with E-state index in [1.54, 1.807) is 0 Å². The summed E-state index contributed by atoms with van der Waals surface area (Å²) in [5.74, 6) is 0. The predicted molar refractivity (Wildman–Crippen MR) is 60.3 cm³/mol. The van der Waals surface area contributed by atoms with Crippen LogP contribution in [0.1, 0.15) is 20.3 Å². The molecule has 0 aliphatic heterocycles. The van der Waals surface area contributed by atoms with Crippen LogP contribution in [0.4, 0.5) is 11.4 Å². The highest BCUT2D eigenvalue weighted by Crippen LogP contribution is 2.14. The van der Waals surface area contributed by atoms with Crippen molar-refractivity contribution in [1.82, 2.24) is 0 Å². The minimum atomic E-state index is -0.662. The minimum Gasteiger partial charge on any atom is -0.399 e. The maximum absolute atomic E-state index is 9.76. The summed E-state index contributed by atoms with van der Waals surface area (Å²) in [5, 5.41) is 12.9. The highest BCUT2D eigenvalue weighted by atomic mass is 16.3. The van der Waals surface area contributed by atoms with E-state index in [9.17, 15) is 5.11 Å². The molecule has 1 aromatic carbocycles. The van der Waals surface area contributed by atoms with Crippen molar-refractivity contribution in [3.05, 3.63) is 24.3 Å². The molecule has 14 heavy (non-hydrogen) atoms. The Hall–Kier alpha value is -1.22. The molecule has 1 rings (SSSR count). The fourth-order valence-corrected chi connectivity index (χ4v) is 1.07. The van der Waals surface area contributed by atoms with E-state index in [2.05, 4.69) is 5.32 Å². The molecule has 0 aliphatic carbocycles. The number of hydrogen-bond acceptors (Lipinski definition) is 3. The Kier molecular flexibility index (Phi) is 3.36.